The molecule has 0 aromatic heterocycles. The van der Waals surface area contributed by atoms with Crippen LogP contribution in [0.15, 0.2) is 18.2 Å². The van der Waals surface area contributed by atoms with E-state index in [9.17, 15) is 4.79 Å². The van der Waals surface area contributed by atoms with E-state index in [2.05, 4.69) is 23.1 Å². The molecule has 108 valence electrons. The normalized spacial score (nSPS) is 28.7. The van der Waals surface area contributed by atoms with Crippen LogP contribution in [0.2, 0.25) is 0 Å². The second kappa shape index (κ2) is 5.40. The van der Waals surface area contributed by atoms with Crippen LogP contribution in [0, 0.1) is 5.92 Å². The molecular weight excluding hydrogens is 256 g/mol. The van der Waals surface area contributed by atoms with Crippen molar-refractivity contribution < 1.29 is 9.53 Å². The van der Waals surface area contributed by atoms with E-state index in [1.54, 1.807) is 0 Å². The second-order valence-corrected chi connectivity index (χ2v) is 5.39. The summed E-state index contributed by atoms with van der Waals surface area (Å²) >= 11 is 0. The summed E-state index contributed by atoms with van der Waals surface area (Å²) < 4.78 is 5.38. The predicted molar refractivity (Wildman–Crippen MR) is 76.2 cm³/mol. The molecule has 2 aliphatic heterocycles. The van der Waals surface area contributed by atoms with Gasteiger partial charge in [-0.05, 0) is 43.5 Å². The molecule has 6 heteroatoms. The molecule has 2 heterocycles. The second-order valence-electron chi connectivity index (χ2n) is 5.39. The Bertz CT molecular complexity index is 520. The number of rotatable bonds is 3. The fourth-order valence-electron chi connectivity index (χ4n) is 2.96. The van der Waals surface area contributed by atoms with Gasteiger partial charge in [0.1, 0.15) is 5.75 Å². The summed E-state index contributed by atoms with van der Waals surface area (Å²) in [6.07, 6.45) is 0.950. The van der Waals surface area contributed by atoms with E-state index in [4.69, 9.17) is 10.5 Å². The van der Waals surface area contributed by atoms with E-state index in [0.29, 0.717) is 18.5 Å². The number of carbonyl (C=O) groups is 1. The van der Waals surface area contributed by atoms with E-state index < -0.39 is 0 Å². The highest BCUT2D eigenvalue weighted by Gasteiger charge is 2.33. The highest BCUT2D eigenvalue weighted by Crippen LogP contribution is 2.36. The average molecular weight is 276 g/mol. The van der Waals surface area contributed by atoms with Gasteiger partial charge in [0.15, 0.2) is 6.61 Å². The number of benzene rings is 1. The number of nitrogens with one attached hydrogen (secondary N) is 3. The Labute approximate surface area is 118 Å². The monoisotopic (exact) mass is 276 g/mol. The van der Waals surface area contributed by atoms with Crippen LogP contribution in [0.1, 0.15) is 24.9 Å². The van der Waals surface area contributed by atoms with Crippen LogP contribution in [0.3, 0.4) is 0 Å². The summed E-state index contributed by atoms with van der Waals surface area (Å²) in [4.78, 5) is 11.4. The minimum absolute atomic E-state index is 0.0857. The summed E-state index contributed by atoms with van der Waals surface area (Å²) in [5.74, 6) is 1.04. The molecule has 1 fully saturated rings. The van der Waals surface area contributed by atoms with Crippen molar-refractivity contribution in [1.82, 2.24) is 10.9 Å². The van der Waals surface area contributed by atoms with E-state index in [1.165, 1.54) is 0 Å². The third kappa shape index (κ3) is 2.37. The van der Waals surface area contributed by atoms with Crippen molar-refractivity contribution in [3.8, 4) is 5.75 Å². The molecule has 1 amide bonds. The predicted octanol–water partition coefficient (Wildman–Crippen LogP) is 0.520. The summed E-state index contributed by atoms with van der Waals surface area (Å²) in [6.45, 7) is 2.90. The Morgan fingerprint density at radius 1 is 1.40 bits per heavy atom. The molecule has 0 spiro atoms. The molecular formula is C14H20N4O2. The van der Waals surface area contributed by atoms with Gasteiger partial charge in [-0.3, -0.25) is 10.2 Å². The molecule has 20 heavy (non-hydrogen) atoms. The number of fused-ring (bicyclic) bond motifs is 1. The standard InChI is InChI=1S/C14H20N4O2/c1-8-10(4-5-15)14(18-17-8)9-2-3-12-11(6-9)16-13(19)7-20-12/h2-3,6,8,10,14,17-18H,4-5,7,15H2,1H3,(H,16,19). The molecule has 6 nitrogen and oxygen atoms in total. The fourth-order valence-corrected chi connectivity index (χ4v) is 2.96. The SMILES string of the molecule is CC1NNC(c2ccc3c(c2)NC(=O)CO3)C1CCN. The van der Waals surface area contributed by atoms with E-state index >= 15 is 0 Å². The number of amides is 1. The Kier molecular flexibility index (Phi) is 3.60. The van der Waals surface area contributed by atoms with Crippen molar-refractivity contribution in [1.29, 1.82) is 0 Å². The van der Waals surface area contributed by atoms with Gasteiger partial charge in [-0.15, -0.1) is 0 Å². The zero-order valence-electron chi connectivity index (χ0n) is 11.5. The number of anilines is 1. The van der Waals surface area contributed by atoms with Crippen LogP contribution in [-0.2, 0) is 4.79 Å². The number of hydrogen-bond acceptors (Lipinski definition) is 5. The summed E-state index contributed by atoms with van der Waals surface area (Å²) in [7, 11) is 0. The van der Waals surface area contributed by atoms with Gasteiger partial charge in [0.25, 0.3) is 5.91 Å². The lowest BCUT2D eigenvalue weighted by Gasteiger charge is -2.23. The highest BCUT2D eigenvalue weighted by molar-refractivity contribution is 5.95. The van der Waals surface area contributed by atoms with Crippen molar-refractivity contribution in [2.75, 3.05) is 18.5 Å². The molecule has 3 unspecified atom stereocenters. The average Bonchev–Trinajstić information content (AvgIpc) is 2.80. The summed E-state index contributed by atoms with van der Waals surface area (Å²) in [5, 5.41) is 2.84. The van der Waals surface area contributed by atoms with Crippen LogP contribution < -0.4 is 26.6 Å². The number of hydrazine groups is 1. The number of ether oxygens (including phenoxy) is 1. The van der Waals surface area contributed by atoms with Crippen molar-refractivity contribution in [3.63, 3.8) is 0 Å². The molecule has 2 aliphatic rings. The molecule has 1 aromatic rings. The first kappa shape index (κ1) is 13.4. The van der Waals surface area contributed by atoms with Gasteiger partial charge in [-0.2, -0.15) is 0 Å². The third-order valence-corrected chi connectivity index (χ3v) is 4.03. The molecule has 3 atom stereocenters. The number of nitrogens with two attached hydrogens (primary N) is 1. The fraction of sp³-hybridized carbons (Fsp3) is 0.500. The molecule has 0 bridgehead atoms. The van der Waals surface area contributed by atoms with Gasteiger partial charge in [0.2, 0.25) is 0 Å². The lowest BCUT2D eigenvalue weighted by molar-refractivity contribution is -0.118. The topological polar surface area (TPSA) is 88.4 Å². The van der Waals surface area contributed by atoms with Gasteiger partial charge in [-0.1, -0.05) is 6.07 Å². The zero-order chi connectivity index (χ0) is 14.1. The van der Waals surface area contributed by atoms with Crippen molar-refractivity contribution in [2.24, 2.45) is 11.7 Å². The van der Waals surface area contributed by atoms with Crippen molar-refractivity contribution >= 4 is 11.6 Å². The Morgan fingerprint density at radius 3 is 3.05 bits per heavy atom. The van der Waals surface area contributed by atoms with Crippen LogP contribution >= 0.6 is 0 Å². The molecule has 0 radical (unpaired) electrons. The first-order chi connectivity index (χ1) is 9.69. The van der Waals surface area contributed by atoms with Crippen LogP contribution in [0.25, 0.3) is 0 Å². The Hall–Kier alpha value is -1.63. The van der Waals surface area contributed by atoms with Gasteiger partial charge in [-0.25, -0.2) is 5.43 Å². The van der Waals surface area contributed by atoms with Crippen LogP contribution in [-0.4, -0.2) is 25.1 Å². The maximum absolute atomic E-state index is 11.4. The molecule has 0 aliphatic carbocycles. The summed E-state index contributed by atoms with van der Waals surface area (Å²) in [5.41, 5.74) is 14.2. The molecule has 1 aromatic carbocycles. The summed E-state index contributed by atoms with van der Waals surface area (Å²) in [6, 6.07) is 6.49. The molecule has 0 saturated carbocycles. The van der Waals surface area contributed by atoms with Crippen molar-refractivity contribution in [3.05, 3.63) is 23.8 Å². The largest absolute Gasteiger partial charge is 0.482 e. The highest BCUT2D eigenvalue weighted by atomic mass is 16.5. The van der Waals surface area contributed by atoms with Gasteiger partial charge < -0.3 is 15.8 Å². The maximum Gasteiger partial charge on any atom is 0.262 e. The smallest absolute Gasteiger partial charge is 0.262 e. The van der Waals surface area contributed by atoms with Crippen LogP contribution in [0.5, 0.6) is 5.75 Å². The Morgan fingerprint density at radius 2 is 2.25 bits per heavy atom. The van der Waals surface area contributed by atoms with Gasteiger partial charge in [0, 0.05) is 6.04 Å². The molecule has 1 saturated heterocycles. The molecule has 5 N–H and O–H groups in total. The quantitative estimate of drug-likeness (QED) is 0.646. The lowest BCUT2D eigenvalue weighted by Crippen LogP contribution is -2.29. The zero-order valence-corrected chi connectivity index (χ0v) is 11.5. The first-order valence-electron chi connectivity index (χ1n) is 6.97. The number of carbonyl (C=O) groups excluding carboxylic acids is 1. The minimum atomic E-state index is -0.112. The van der Waals surface area contributed by atoms with Gasteiger partial charge >= 0.3 is 0 Å². The van der Waals surface area contributed by atoms with Gasteiger partial charge in [0.05, 0.1) is 11.7 Å². The minimum Gasteiger partial charge on any atom is -0.482 e. The Balaban J connectivity index is 1.87. The third-order valence-electron chi connectivity index (χ3n) is 4.03. The van der Waals surface area contributed by atoms with E-state index in [1.807, 2.05) is 18.2 Å². The van der Waals surface area contributed by atoms with Crippen molar-refractivity contribution in [2.45, 2.75) is 25.4 Å². The van der Waals surface area contributed by atoms with E-state index in [0.717, 1.165) is 23.4 Å². The lowest BCUT2D eigenvalue weighted by atomic mass is 9.87. The maximum atomic E-state index is 11.4. The number of hydrogen-bond donors (Lipinski definition) is 4. The molecule has 3 rings (SSSR count). The van der Waals surface area contributed by atoms with E-state index in [-0.39, 0.29) is 18.6 Å². The van der Waals surface area contributed by atoms with Crippen LogP contribution in [0.4, 0.5) is 5.69 Å². The first-order valence-corrected chi connectivity index (χ1v) is 6.97.